The molecule has 0 atom stereocenters. The van der Waals surface area contributed by atoms with E-state index >= 15 is 0 Å². The van der Waals surface area contributed by atoms with Gasteiger partial charge in [0.15, 0.2) is 16.6 Å². The van der Waals surface area contributed by atoms with Gasteiger partial charge in [-0.25, -0.2) is 0 Å². The molecule has 0 unspecified atom stereocenters. The molecule has 2 aromatic rings. The summed E-state index contributed by atoms with van der Waals surface area (Å²) in [7, 11) is 3.05. The zero-order chi connectivity index (χ0) is 17.5. The summed E-state index contributed by atoms with van der Waals surface area (Å²) in [6, 6.07) is 12.9. The van der Waals surface area contributed by atoms with Gasteiger partial charge in [-0.05, 0) is 29.9 Å². The van der Waals surface area contributed by atoms with Gasteiger partial charge in [0.05, 0.1) is 25.5 Å². The van der Waals surface area contributed by atoms with Crippen LogP contribution in [0, 0.1) is 11.3 Å². The second-order valence-electron chi connectivity index (χ2n) is 4.80. The lowest BCUT2D eigenvalue weighted by Gasteiger charge is -2.14. The van der Waals surface area contributed by atoms with Crippen molar-refractivity contribution < 1.29 is 9.47 Å². The monoisotopic (exact) mass is 361 g/mol. The lowest BCUT2D eigenvalue weighted by atomic mass is 10.1. The summed E-state index contributed by atoms with van der Waals surface area (Å²) < 4.78 is 10.4. The molecule has 0 aliphatic rings. The van der Waals surface area contributed by atoms with Crippen molar-refractivity contribution in [1.82, 2.24) is 5.32 Å². The third kappa shape index (κ3) is 4.51. The normalized spacial score (nSPS) is 9.75. The van der Waals surface area contributed by atoms with E-state index in [9.17, 15) is 5.26 Å². The SMILES string of the molecule is COc1cc(C#N)c(NC(=S)NCc2cccc(Cl)c2)cc1OC. The molecular weight excluding hydrogens is 346 g/mol. The summed E-state index contributed by atoms with van der Waals surface area (Å²) in [4.78, 5) is 0. The van der Waals surface area contributed by atoms with Gasteiger partial charge in [-0.15, -0.1) is 0 Å². The first-order chi connectivity index (χ1) is 11.6. The van der Waals surface area contributed by atoms with Gasteiger partial charge < -0.3 is 20.1 Å². The first-order valence-electron chi connectivity index (χ1n) is 7.02. The molecule has 0 fully saturated rings. The first kappa shape index (κ1) is 17.9. The number of nitrogens with zero attached hydrogens (tertiary/aromatic N) is 1. The van der Waals surface area contributed by atoms with Crippen molar-refractivity contribution >= 4 is 34.6 Å². The summed E-state index contributed by atoms with van der Waals surface area (Å²) in [5, 5.41) is 16.4. The van der Waals surface area contributed by atoms with Crippen molar-refractivity contribution in [3.05, 3.63) is 52.5 Å². The third-order valence-corrected chi connectivity index (χ3v) is 3.72. The smallest absolute Gasteiger partial charge is 0.171 e. The first-order valence-corrected chi connectivity index (χ1v) is 7.81. The van der Waals surface area contributed by atoms with Crippen LogP contribution in [0.15, 0.2) is 36.4 Å². The summed E-state index contributed by atoms with van der Waals surface area (Å²) in [5.41, 5.74) is 1.94. The van der Waals surface area contributed by atoms with Gasteiger partial charge in [-0.3, -0.25) is 0 Å². The van der Waals surface area contributed by atoms with E-state index in [-0.39, 0.29) is 0 Å². The molecule has 0 spiro atoms. The highest BCUT2D eigenvalue weighted by Gasteiger charge is 2.12. The van der Waals surface area contributed by atoms with E-state index in [4.69, 9.17) is 33.3 Å². The van der Waals surface area contributed by atoms with Crippen LogP contribution in [0.2, 0.25) is 5.02 Å². The van der Waals surface area contributed by atoms with Crippen LogP contribution in [-0.4, -0.2) is 19.3 Å². The molecule has 0 saturated carbocycles. The second kappa shape index (κ2) is 8.39. The van der Waals surface area contributed by atoms with E-state index in [1.807, 2.05) is 24.3 Å². The molecule has 0 radical (unpaired) electrons. The molecule has 0 aliphatic heterocycles. The molecule has 7 heteroatoms. The molecule has 0 heterocycles. The molecule has 0 aliphatic carbocycles. The van der Waals surface area contributed by atoms with Crippen LogP contribution >= 0.6 is 23.8 Å². The fraction of sp³-hybridized carbons (Fsp3) is 0.176. The average Bonchev–Trinajstić information content (AvgIpc) is 2.59. The minimum atomic E-state index is 0.388. The number of rotatable bonds is 5. The standard InChI is InChI=1S/C17H16ClN3O2S/c1-22-15-7-12(9-19)14(8-16(15)23-2)21-17(24)20-10-11-4-3-5-13(18)6-11/h3-8H,10H2,1-2H3,(H2,20,21,24). The van der Waals surface area contributed by atoms with E-state index in [2.05, 4.69) is 16.7 Å². The lowest BCUT2D eigenvalue weighted by Crippen LogP contribution is -2.28. The van der Waals surface area contributed by atoms with E-state index in [0.29, 0.717) is 39.4 Å². The van der Waals surface area contributed by atoms with E-state index < -0.39 is 0 Å². The quantitative estimate of drug-likeness (QED) is 0.791. The maximum Gasteiger partial charge on any atom is 0.171 e. The van der Waals surface area contributed by atoms with E-state index in [0.717, 1.165) is 5.56 Å². The number of nitriles is 1. The number of benzene rings is 2. The fourth-order valence-corrected chi connectivity index (χ4v) is 2.47. The molecule has 2 rings (SSSR count). The minimum absolute atomic E-state index is 0.388. The van der Waals surface area contributed by atoms with Gasteiger partial charge in [0.25, 0.3) is 0 Å². The highest BCUT2D eigenvalue weighted by Crippen LogP contribution is 2.32. The van der Waals surface area contributed by atoms with Gasteiger partial charge in [0.2, 0.25) is 0 Å². The van der Waals surface area contributed by atoms with Gasteiger partial charge in [-0.1, -0.05) is 23.7 Å². The van der Waals surface area contributed by atoms with Crippen LogP contribution in [-0.2, 0) is 6.54 Å². The summed E-state index contributed by atoms with van der Waals surface area (Å²) in [5.74, 6) is 0.994. The highest BCUT2D eigenvalue weighted by atomic mass is 35.5. The van der Waals surface area contributed by atoms with E-state index in [1.165, 1.54) is 14.2 Å². The number of nitrogens with one attached hydrogen (secondary N) is 2. The van der Waals surface area contributed by atoms with Crippen molar-refractivity contribution in [3.63, 3.8) is 0 Å². The number of methoxy groups -OCH3 is 2. The number of hydrogen-bond acceptors (Lipinski definition) is 4. The molecular formula is C17H16ClN3O2S. The van der Waals surface area contributed by atoms with Crippen molar-refractivity contribution in [2.75, 3.05) is 19.5 Å². The van der Waals surface area contributed by atoms with Crippen LogP contribution in [0.3, 0.4) is 0 Å². The highest BCUT2D eigenvalue weighted by molar-refractivity contribution is 7.80. The van der Waals surface area contributed by atoms with E-state index in [1.54, 1.807) is 12.1 Å². The largest absolute Gasteiger partial charge is 0.493 e. The Hall–Kier alpha value is -2.49. The van der Waals surface area contributed by atoms with Gasteiger partial charge in [-0.2, -0.15) is 5.26 Å². The predicted octanol–water partition coefficient (Wildman–Crippen LogP) is 3.72. The van der Waals surface area contributed by atoms with Crippen LogP contribution < -0.4 is 20.1 Å². The van der Waals surface area contributed by atoms with Gasteiger partial charge in [0.1, 0.15) is 6.07 Å². The summed E-state index contributed by atoms with van der Waals surface area (Å²) in [6.07, 6.45) is 0. The zero-order valence-electron chi connectivity index (χ0n) is 13.2. The van der Waals surface area contributed by atoms with Crippen molar-refractivity contribution in [2.24, 2.45) is 0 Å². The Morgan fingerprint density at radius 3 is 2.54 bits per heavy atom. The Morgan fingerprint density at radius 1 is 1.21 bits per heavy atom. The number of thiocarbonyl (C=S) groups is 1. The number of hydrogen-bond donors (Lipinski definition) is 2. The number of anilines is 1. The van der Waals surface area contributed by atoms with Crippen LogP contribution in [0.25, 0.3) is 0 Å². The maximum absolute atomic E-state index is 9.29. The maximum atomic E-state index is 9.29. The molecule has 0 aromatic heterocycles. The zero-order valence-corrected chi connectivity index (χ0v) is 14.8. The molecule has 24 heavy (non-hydrogen) atoms. The lowest BCUT2D eigenvalue weighted by molar-refractivity contribution is 0.355. The average molecular weight is 362 g/mol. The molecule has 2 N–H and O–H groups in total. The summed E-state index contributed by atoms with van der Waals surface area (Å²) in [6.45, 7) is 0.515. The van der Waals surface area contributed by atoms with Gasteiger partial charge in [0, 0.05) is 23.7 Å². The number of ether oxygens (including phenoxy) is 2. The third-order valence-electron chi connectivity index (χ3n) is 3.23. The number of halogens is 1. The predicted molar refractivity (Wildman–Crippen MR) is 98.8 cm³/mol. The Bertz CT molecular complexity index is 790. The van der Waals surface area contributed by atoms with Crippen molar-refractivity contribution in [1.29, 1.82) is 5.26 Å². The minimum Gasteiger partial charge on any atom is -0.493 e. The second-order valence-corrected chi connectivity index (χ2v) is 5.65. The Labute approximate surface area is 151 Å². The topological polar surface area (TPSA) is 66.3 Å². The molecule has 0 amide bonds. The van der Waals surface area contributed by atoms with Crippen LogP contribution in [0.1, 0.15) is 11.1 Å². The molecule has 0 bridgehead atoms. The molecule has 0 saturated heterocycles. The molecule has 124 valence electrons. The Balaban J connectivity index is 2.09. The van der Waals surface area contributed by atoms with Crippen molar-refractivity contribution in [2.45, 2.75) is 6.54 Å². The molecule has 5 nitrogen and oxygen atoms in total. The van der Waals surface area contributed by atoms with Crippen LogP contribution in [0.5, 0.6) is 11.5 Å². The molecule has 2 aromatic carbocycles. The Morgan fingerprint density at radius 2 is 1.92 bits per heavy atom. The Kier molecular flexibility index (Phi) is 6.24. The summed E-state index contributed by atoms with van der Waals surface area (Å²) >= 11 is 11.2. The van der Waals surface area contributed by atoms with Crippen molar-refractivity contribution in [3.8, 4) is 17.6 Å². The van der Waals surface area contributed by atoms with Crippen LogP contribution in [0.4, 0.5) is 5.69 Å². The fourth-order valence-electron chi connectivity index (χ4n) is 2.07. The van der Waals surface area contributed by atoms with Gasteiger partial charge >= 0.3 is 0 Å².